The Morgan fingerprint density at radius 1 is 1.62 bits per heavy atom. The minimum Gasteiger partial charge on any atom is -0.377 e. The van der Waals surface area contributed by atoms with Gasteiger partial charge in [-0.25, -0.2) is 4.68 Å². The molecule has 0 unspecified atom stereocenters. The van der Waals surface area contributed by atoms with E-state index in [0.29, 0.717) is 6.61 Å². The Hall–Kier alpha value is -0.420. The van der Waals surface area contributed by atoms with Crippen LogP contribution in [-0.4, -0.2) is 27.7 Å². The van der Waals surface area contributed by atoms with Gasteiger partial charge in [0.25, 0.3) is 0 Å². The fourth-order valence-corrected chi connectivity index (χ4v) is 1.15. The zero-order valence-corrected chi connectivity index (χ0v) is 9.49. The smallest absolute Gasteiger partial charge is 0.0932 e. The van der Waals surface area contributed by atoms with Crippen molar-refractivity contribution in [2.24, 2.45) is 0 Å². The molecule has 0 N–H and O–H groups in total. The zero-order chi connectivity index (χ0) is 9.68. The van der Waals surface area contributed by atoms with Crippen LogP contribution in [0.2, 0.25) is 0 Å². The monoisotopic (exact) mass is 247 g/mol. The van der Waals surface area contributed by atoms with E-state index in [0.717, 1.165) is 17.6 Å². The first-order valence-corrected chi connectivity index (χ1v) is 5.41. The predicted octanol–water partition coefficient (Wildman–Crippen LogP) is 1.60. The lowest BCUT2D eigenvalue weighted by molar-refractivity contribution is 0.0707. The summed E-state index contributed by atoms with van der Waals surface area (Å²) < 4.78 is 7.18. The van der Waals surface area contributed by atoms with Gasteiger partial charge < -0.3 is 4.74 Å². The lowest BCUT2D eigenvalue weighted by Gasteiger charge is -2.06. The van der Waals surface area contributed by atoms with Gasteiger partial charge >= 0.3 is 0 Å². The summed E-state index contributed by atoms with van der Waals surface area (Å²) in [5.41, 5.74) is 0.949. The van der Waals surface area contributed by atoms with Crippen molar-refractivity contribution < 1.29 is 4.74 Å². The van der Waals surface area contributed by atoms with Crippen LogP contribution in [-0.2, 0) is 16.6 Å². The first-order chi connectivity index (χ1) is 6.22. The number of nitrogens with zero attached hydrogens (tertiary/aromatic N) is 3. The topological polar surface area (TPSA) is 39.9 Å². The van der Waals surface area contributed by atoms with E-state index in [1.807, 2.05) is 20.0 Å². The van der Waals surface area contributed by atoms with Crippen LogP contribution in [0, 0.1) is 0 Å². The maximum atomic E-state index is 5.39. The van der Waals surface area contributed by atoms with E-state index in [2.05, 4.69) is 26.2 Å². The zero-order valence-electron chi connectivity index (χ0n) is 7.90. The molecule has 0 aliphatic heterocycles. The molecular formula is C8H14BrN3O. The normalized spacial score (nSPS) is 11.1. The van der Waals surface area contributed by atoms with Gasteiger partial charge in [-0.1, -0.05) is 21.1 Å². The molecule has 0 saturated carbocycles. The van der Waals surface area contributed by atoms with Crippen LogP contribution >= 0.6 is 15.9 Å². The Labute approximate surface area is 86.4 Å². The molecule has 0 atom stereocenters. The Kier molecular flexibility index (Phi) is 4.38. The molecule has 1 aromatic rings. The number of aromatic nitrogens is 3. The number of rotatable bonds is 5. The minimum absolute atomic E-state index is 0.277. The van der Waals surface area contributed by atoms with Crippen molar-refractivity contribution in [2.45, 2.75) is 31.8 Å². The molecule has 0 amide bonds. The second-order valence-electron chi connectivity index (χ2n) is 3.03. The van der Waals surface area contributed by atoms with Crippen molar-refractivity contribution in [3.8, 4) is 0 Å². The third-order valence-corrected chi connectivity index (χ3v) is 2.07. The summed E-state index contributed by atoms with van der Waals surface area (Å²) in [4.78, 5) is 0. The maximum Gasteiger partial charge on any atom is 0.0932 e. The van der Waals surface area contributed by atoms with Gasteiger partial charge in [-0.15, -0.1) is 5.10 Å². The molecular weight excluding hydrogens is 234 g/mol. The molecule has 1 rings (SSSR count). The SMILES string of the molecule is CC(C)OCCn1cc(CBr)nn1. The van der Waals surface area contributed by atoms with Crippen LogP contribution in [0.5, 0.6) is 0 Å². The molecule has 0 fully saturated rings. The molecule has 0 radical (unpaired) electrons. The van der Waals surface area contributed by atoms with Gasteiger partial charge in [-0.05, 0) is 13.8 Å². The minimum atomic E-state index is 0.277. The van der Waals surface area contributed by atoms with Crippen molar-refractivity contribution in [3.05, 3.63) is 11.9 Å². The van der Waals surface area contributed by atoms with Gasteiger partial charge in [0.15, 0.2) is 0 Å². The van der Waals surface area contributed by atoms with Gasteiger partial charge in [-0.3, -0.25) is 0 Å². The summed E-state index contributed by atoms with van der Waals surface area (Å²) in [6.07, 6.45) is 2.19. The molecule has 5 heteroatoms. The Morgan fingerprint density at radius 2 is 2.38 bits per heavy atom. The molecule has 0 bridgehead atoms. The first kappa shape index (κ1) is 10.7. The van der Waals surface area contributed by atoms with Gasteiger partial charge in [0.1, 0.15) is 0 Å². The third kappa shape index (κ3) is 3.87. The van der Waals surface area contributed by atoms with Crippen molar-refractivity contribution in [1.82, 2.24) is 15.0 Å². The molecule has 0 aliphatic rings. The van der Waals surface area contributed by atoms with Crippen molar-refractivity contribution in [1.29, 1.82) is 0 Å². The van der Waals surface area contributed by atoms with E-state index in [9.17, 15) is 0 Å². The average molecular weight is 248 g/mol. The van der Waals surface area contributed by atoms with Crippen LogP contribution in [0.15, 0.2) is 6.20 Å². The summed E-state index contributed by atoms with van der Waals surface area (Å²) in [5.74, 6) is 0. The Morgan fingerprint density at radius 3 is 2.92 bits per heavy atom. The highest BCUT2D eigenvalue weighted by Gasteiger charge is 1.99. The van der Waals surface area contributed by atoms with Crippen LogP contribution in [0.25, 0.3) is 0 Å². The quantitative estimate of drug-likeness (QED) is 0.743. The predicted molar refractivity (Wildman–Crippen MR) is 53.7 cm³/mol. The number of alkyl halides is 1. The van der Waals surface area contributed by atoms with E-state index in [4.69, 9.17) is 4.74 Å². The van der Waals surface area contributed by atoms with E-state index >= 15 is 0 Å². The number of ether oxygens (including phenoxy) is 1. The largest absolute Gasteiger partial charge is 0.377 e. The van der Waals surface area contributed by atoms with Crippen LogP contribution in [0.3, 0.4) is 0 Å². The molecule has 1 heterocycles. The van der Waals surface area contributed by atoms with Crippen LogP contribution < -0.4 is 0 Å². The number of hydrogen-bond acceptors (Lipinski definition) is 3. The molecule has 74 valence electrons. The second-order valence-corrected chi connectivity index (χ2v) is 3.59. The fourth-order valence-electron chi connectivity index (χ4n) is 0.891. The lowest BCUT2D eigenvalue weighted by atomic mass is 10.5. The van der Waals surface area contributed by atoms with E-state index in [1.54, 1.807) is 4.68 Å². The summed E-state index contributed by atoms with van der Waals surface area (Å²) >= 11 is 3.32. The molecule has 0 spiro atoms. The fraction of sp³-hybridized carbons (Fsp3) is 0.750. The second kappa shape index (κ2) is 5.34. The maximum absolute atomic E-state index is 5.39. The highest BCUT2D eigenvalue weighted by Crippen LogP contribution is 1.99. The number of halogens is 1. The first-order valence-electron chi connectivity index (χ1n) is 4.29. The van der Waals surface area contributed by atoms with Gasteiger partial charge in [0, 0.05) is 11.5 Å². The molecule has 4 nitrogen and oxygen atoms in total. The lowest BCUT2D eigenvalue weighted by Crippen LogP contribution is -2.10. The average Bonchev–Trinajstić information content (AvgIpc) is 2.52. The summed E-state index contributed by atoms with van der Waals surface area (Å²) in [6, 6.07) is 0. The van der Waals surface area contributed by atoms with Gasteiger partial charge in [0.2, 0.25) is 0 Å². The van der Waals surface area contributed by atoms with Crippen molar-refractivity contribution in [3.63, 3.8) is 0 Å². The van der Waals surface area contributed by atoms with E-state index in [1.165, 1.54) is 0 Å². The van der Waals surface area contributed by atoms with E-state index in [-0.39, 0.29) is 6.10 Å². The van der Waals surface area contributed by atoms with Crippen molar-refractivity contribution >= 4 is 15.9 Å². The van der Waals surface area contributed by atoms with Gasteiger partial charge in [-0.2, -0.15) is 0 Å². The molecule has 0 saturated heterocycles. The highest BCUT2D eigenvalue weighted by atomic mass is 79.9. The van der Waals surface area contributed by atoms with Crippen LogP contribution in [0.4, 0.5) is 0 Å². The number of hydrogen-bond donors (Lipinski definition) is 0. The molecule has 1 aromatic heterocycles. The molecule has 0 aliphatic carbocycles. The molecule has 13 heavy (non-hydrogen) atoms. The Balaban J connectivity index is 2.28. The summed E-state index contributed by atoms with van der Waals surface area (Å²) in [5, 5.41) is 8.63. The van der Waals surface area contributed by atoms with Crippen molar-refractivity contribution in [2.75, 3.05) is 6.61 Å². The highest BCUT2D eigenvalue weighted by molar-refractivity contribution is 9.08. The van der Waals surface area contributed by atoms with E-state index < -0.39 is 0 Å². The molecule has 0 aromatic carbocycles. The van der Waals surface area contributed by atoms with Crippen LogP contribution in [0.1, 0.15) is 19.5 Å². The standard InChI is InChI=1S/C8H14BrN3O/c1-7(2)13-4-3-12-6-8(5-9)10-11-12/h6-7H,3-5H2,1-2H3. The third-order valence-electron chi connectivity index (χ3n) is 1.49. The van der Waals surface area contributed by atoms with Gasteiger partial charge in [0.05, 0.1) is 24.9 Å². The summed E-state index contributed by atoms with van der Waals surface area (Å²) in [7, 11) is 0. The Bertz CT molecular complexity index is 249. The summed E-state index contributed by atoms with van der Waals surface area (Å²) in [6.45, 7) is 5.48.